The molecule has 0 aromatic heterocycles. The van der Waals surface area contributed by atoms with Crippen molar-refractivity contribution >= 4 is 27.5 Å². The Morgan fingerprint density at radius 2 is 1.90 bits per heavy atom. The summed E-state index contributed by atoms with van der Waals surface area (Å²) in [7, 11) is 0. The summed E-state index contributed by atoms with van der Waals surface area (Å²) in [6.07, 6.45) is 0. The number of benzene rings is 2. The molecule has 0 bridgehead atoms. The van der Waals surface area contributed by atoms with E-state index >= 15 is 0 Å². The van der Waals surface area contributed by atoms with Crippen molar-refractivity contribution in [2.45, 2.75) is 6.92 Å². The van der Waals surface area contributed by atoms with Gasteiger partial charge < -0.3 is 9.47 Å². The first-order valence-electron chi connectivity index (χ1n) is 6.31. The van der Waals surface area contributed by atoms with Gasteiger partial charge in [0.15, 0.2) is 0 Å². The molecule has 0 N–H and O–H groups in total. The van der Waals surface area contributed by atoms with Gasteiger partial charge in [0.25, 0.3) is 0 Å². The Labute approximate surface area is 137 Å². The first kappa shape index (κ1) is 15.7. The molecule has 0 unspecified atom stereocenters. The maximum Gasteiger partial charge on any atom is 0.133 e. The molecule has 5 heteroatoms. The van der Waals surface area contributed by atoms with Gasteiger partial charge in [-0.3, -0.25) is 0 Å². The van der Waals surface area contributed by atoms with E-state index in [9.17, 15) is 0 Å². The summed E-state index contributed by atoms with van der Waals surface area (Å²) in [4.78, 5) is 0. The molecule has 21 heavy (non-hydrogen) atoms. The van der Waals surface area contributed by atoms with Crippen LogP contribution in [-0.4, -0.2) is 13.2 Å². The molecule has 2 aromatic carbocycles. The number of ether oxygens (including phenoxy) is 2. The second-order valence-electron chi connectivity index (χ2n) is 4.36. The largest absolute Gasteiger partial charge is 0.490 e. The van der Waals surface area contributed by atoms with Crippen molar-refractivity contribution < 1.29 is 9.47 Å². The molecule has 0 radical (unpaired) electrons. The van der Waals surface area contributed by atoms with Crippen molar-refractivity contribution in [3.05, 3.63) is 57.0 Å². The monoisotopic (exact) mass is 365 g/mol. The summed E-state index contributed by atoms with van der Waals surface area (Å²) in [5.41, 5.74) is 1.56. The molecule has 0 atom stereocenters. The lowest BCUT2D eigenvalue weighted by molar-refractivity contribution is 0.216. The molecular formula is C16H13BrClNO2. The number of rotatable bonds is 5. The number of nitriles is 1. The van der Waals surface area contributed by atoms with Crippen LogP contribution in [0, 0.1) is 18.3 Å². The minimum absolute atomic E-state index is 0.409. The molecule has 0 heterocycles. The topological polar surface area (TPSA) is 42.2 Å². The highest BCUT2D eigenvalue weighted by atomic mass is 79.9. The van der Waals surface area contributed by atoms with Gasteiger partial charge in [0.05, 0.1) is 16.1 Å². The van der Waals surface area contributed by atoms with Gasteiger partial charge in [-0.25, -0.2) is 0 Å². The Balaban J connectivity index is 1.84. The Bertz CT molecular complexity index is 682. The maximum atomic E-state index is 8.79. The molecule has 0 spiro atoms. The summed E-state index contributed by atoms with van der Waals surface area (Å²) >= 11 is 9.33. The Kier molecular flexibility index (Phi) is 5.49. The van der Waals surface area contributed by atoms with Gasteiger partial charge in [-0.1, -0.05) is 11.6 Å². The van der Waals surface area contributed by atoms with Crippen LogP contribution < -0.4 is 9.47 Å². The van der Waals surface area contributed by atoms with E-state index in [1.54, 1.807) is 18.2 Å². The van der Waals surface area contributed by atoms with Gasteiger partial charge >= 0.3 is 0 Å². The fourth-order valence-electron chi connectivity index (χ4n) is 1.71. The first-order valence-corrected chi connectivity index (χ1v) is 7.48. The first-order chi connectivity index (χ1) is 10.1. The van der Waals surface area contributed by atoms with E-state index in [1.807, 2.05) is 25.1 Å². The van der Waals surface area contributed by atoms with Gasteiger partial charge in [-0.2, -0.15) is 5.26 Å². The fraction of sp³-hybridized carbons (Fsp3) is 0.188. The van der Waals surface area contributed by atoms with Gasteiger partial charge in [0.2, 0.25) is 0 Å². The molecule has 2 rings (SSSR count). The summed E-state index contributed by atoms with van der Waals surface area (Å²) in [5.74, 6) is 1.45. The third kappa shape index (κ3) is 4.38. The molecule has 0 saturated carbocycles. The van der Waals surface area contributed by atoms with Gasteiger partial charge in [0, 0.05) is 5.02 Å². The molecule has 0 aliphatic carbocycles. The average Bonchev–Trinajstić information content (AvgIpc) is 2.48. The normalized spacial score (nSPS) is 10.0. The van der Waals surface area contributed by atoms with Crippen molar-refractivity contribution in [2.75, 3.05) is 13.2 Å². The number of aryl methyl sites for hydroxylation is 1. The molecule has 0 fully saturated rings. The lowest BCUT2D eigenvalue weighted by Gasteiger charge is -2.10. The van der Waals surface area contributed by atoms with E-state index in [4.69, 9.17) is 26.3 Å². The van der Waals surface area contributed by atoms with E-state index in [1.165, 1.54) is 0 Å². The van der Waals surface area contributed by atoms with Crippen LogP contribution >= 0.6 is 27.5 Å². The van der Waals surface area contributed by atoms with Crippen LogP contribution in [-0.2, 0) is 0 Å². The van der Waals surface area contributed by atoms with E-state index < -0.39 is 0 Å². The second-order valence-corrected chi connectivity index (χ2v) is 5.63. The molecule has 2 aromatic rings. The number of hydrogen-bond donors (Lipinski definition) is 0. The highest BCUT2D eigenvalue weighted by Crippen LogP contribution is 2.26. The molecule has 0 aliphatic heterocycles. The summed E-state index contributed by atoms with van der Waals surface area (Å²) < 4.78 is 12.0. The standard InChI is InChI=1S/C16H13BrClNO2/c1-11-8-13(3-4-15(11)18)20-6-7-21-16-5-2-12(10-19)9-14(16)17/h2-5,8-9H,6-7H2,1H3. The van der Waals surface area contributed by atoms with Crippen molar-refractivity contribution in [1.29, 1.82) is 5.26 Å². The quantitative estimate of drug-likeness (QED) is 0.718. The minimum atomic E-state index is 0.409. The van der Waals surface area contributed by atoms with Crippen LogP contribution in [0.4, 0.5) is 0 Å². The second kappa shape index (κ2) is 7.35. The summed E-state index contributed by atoms with van der Waals surface area (Å²) in [6.45, 7) is 2.76. The summed E-state index contributed by atoms with van der Waals surface area (Å²) in [5, 5.41) is 9.52. The molecule has 3 nitrogen and oxygen atoms in total. The van der Waals surface area contributed by atoms with Crippen LogP contribution in [0.1, 0.15) is 11.1 Å². The molecule has 0 aliphatic rings. The zero-order valence-electron chi connectivity index (χ0n) is 11.4. The molecular weight excluding hydrogens is 354 g/mol. The van der Waals surface area contributed by atoms with Gasteiger partial charge in [-0.15, -0.1) is 0 Å². The van der Waals surface area contributed by atoms with Crippen molar-refractivity contribution in [2.24, 2.45) is 0 Å². The zero-order chi connectivity index (χ0) is 15.2. The van der Waals surface area contributed by atoms with Crippen molar-refractivity contribution in [3.63, 3.8) is 0 Å². The van der Waals surface area contributed by atoms with Crippen LogP contribution in [0.2, 0.25) is 5.02 Å². The Morgan fingerprint density at radius 3 is 2.57 bits per heavy atom. The number of halogens is 2. The predicted octanol–water partition coefficient (Wildman–Crippen LogP) is 4.74. The Morgan fingerprint density at radius 1 is 1.14 bits per heavy atom. The van der Waals surface area contributed by atoms with Crippen LogP contribution in [0.3, 0.4) is 0 Å². The summed E-state index contributed by atoms with van der Waals surface area (Å²) in [6, 6.07) is 12.8. The molecule has 0 saturated heterocycles. The van der Waals surface area contributed by atoms with E-state index in [2.05, 4.69) is 22.0 Å². The molecule has 108 valence electrons. The number of hydrogen-bond acceptors (Lipinski definition) is 3. The van der Waals surface area contributed by atoms with E-state index in [0.717, 1.165) is 20.8 Å². The fourth-order valence-corrected chi connectivity index (χ4v) is 2.32. The Hall–Kier alpha value is -1.70. The van der Waals surface area contributed by atoms with Crippen LogP contribution in [0.25, 0.3) is 0 Å². The van der Waals surface area contributed by atoms with E-state index in [-0.39, 0.29) is 0 Å². The highest BCUT2D eigenvalue weighted by molar-refractivity contribution is 9.10. The third-order valence-electron chi connectivity index (χ3n) is 2.80. The third-order valence-corrected chi connectivity index (χ3v) is 3.84. The lowest BCUT2D eigenvalue weighted by atomic mass is 10.2. The highest BCUT2D eigenvalue weighted by Gasteiger charge is 2.03. The van der Waals surface area contributed by atoms with E-state index in [0.29, 0.717) is 24.5 Å². The minimum Gasteiger partial charge on any atom is -0.490 e. The smallest absolute Gasteiger partial charge is 0.133 e. The lowest BCUT2D eigenvalue weighted by Crippen LogP contribution is -2.09. The van der Waals surface area contributed by atoms with Gasteiger partial charge in [0.1, 0.15) is 24.7 Å². The predicted molar refractivity (Wildman–Crippen MR) is 86.0 cm³/mol. The zero-order valence-corrected chi connectivity index (χ0v) is 13.7. The van der Waals surface area contributed by atoms with Crippen LogP contribution in [0.15, 0.2) is 40.9 Å². The SMILES string of the molecule is Cc1cc(OCCOc2ccc(C#N)cc2Br)ccc1Cl. The van der Waals surface area contributed by atoms with Gasteiger partial charge in [-0.05, 0) is 64.8 Å². The van der Waals surface area contributed by atoms with Crippen molar-refractivity contribution in [1.82, 2.24) is 0 Å². The maximum absolute atomic E-state index is 8.79. The average molecular weight is 367 g/mol. The number of nitrogens with zero attached hydrogens (tertiary/aromatic N) is 1. The van der Waals surface area contributed by atoms with Crippen molar-refractivity contribution in [3.8, 4) is 17.6 Å². The molecule has 0 amide bonds. The van der Waals surface area contributed by atoms with Crippen LogP contribution in [0.5, 0.6) is 11.5 Å².